The zero-order valence-electron chi connectivity index (χ0n) is 12.0. The Kier molecular flexibility index (Phi) is 5.03. The lowest BCUT2D eigenvalue weighted by Crippen LogP contribution is -2.39. The van der Waals surface area contributed by atoms with Crippen molar-refractivity contribution in [2.24, 2.45) is 5.92 Å². The molecule has 0 saturated carbocycles. The highest BCUT2D eigenvalue weighted by Gasteiger charge is 2.32. The van der Waals surface area contributed by atoms with E-state index < -0.39 is 16.0 Å². The minimum absolute atomic E-state index is 0.0559. The number of ether oxygens (including phenoxy) is 1. The molecule has 1 aliphatic heterocycles. The average Bonchev–Trinajstić information content (AvgIpc) is 2.83. The Bertz CT molecular complexity index is 615. The summed E-state index contributed by atoms with van der Waals surface area (Å²) in [7, 11) is -1.96. The molecule has 1 aromatic rings. The second-order valence-corrected chi connectivity index (χ2v) is 8.30. The van der Waals surface area contributed by atoms with E-state index in [-0.39, 0.29) is 9.77 Å². The molecule has 1 fully saturated rings. The summed E-state index contributed by atoms with van der Waals surface area (Å²) in [5.41, 5.74) is 0. The van der Waals surface area contributed by atoms with Crippen molar-refractivity contribution in [1.82, 2.24) is 4.31 Å². The van der Waals surface area contributed by atoms with Crippen LogP contribution in [0.4, 0.5) is 0 Å². The number of hydrogen-bond acceptors (Lipinski definition) is 5. The van der Waals surface area contributed by atoms with Crippen molar-refractivity contribution < 1.29 is 23.1 Å². The van der Waals surface area contributed by atoms with Gasteiger partial charge in [-0.15, -0.1) is 11.3 Å². The quantitative estimate of drug-likeness (QED) is 0.888. The Morgan fingerprint density at radius 3 is 2.57 bits per heavy atom. The molecule has 2 heterocycles. The standard InChI is InChI=1S/C13H19NO5S2/c1-9-12(7-11(20-9)13(15)16)21(17,18)14-5-3-10(4-6-14)8-19-2/h7,10H,3-6,8H2,1-2H3,(H,15,16). The van der Waals surface area contributed by atoms with Crippen LogP contribution in [0.15, 0.2) is 11.0 Å². The molecule has 6 nitrogen and oxygen atoms in total. The molecule has 0 aromatic carbocycles. The fourth-order valence-electron chi connectivity index (χ4n) is 2.52. The van der Waals surface area contributed by atoms with Gasteiger partial charge in [0.15, 0.2) is 0 Å². The van der Waals surface area contributed by atoms with Crippen molar-refractivity contribution in [2.45, 2.75) is 24.7 Å². The van der Waals surface area contributed by atoms with Crippen LogP contribution in [-0.4, -0.2) is 50.6 Å². The number of carbonyl (C=O) groups is 1. The number of thiophene rings is 1. The van der Waals surface area contributed by atoms with Gasteiger partial charge in [-0.3, -0.25) is 0 Å². The van der Waals surface area contributed by atoms with E-state index in [1.165, 1.54) is 10.4 Å². The van der Waals surface area contributed by atoms with Gasteiger partial charge < -0.3 is 9.84 Å². The van der Waals surface area contributed by atoms with Crippen LogP contribution in [-0.2, 0) is 14.8 Å². The summed E-state index contributed by atoms with van der Waals surface area (Å²) < 4.78 is 31.8. The smallest absolute Gasteiger partial charge is 0.345 e. The Hall–Kier alpha value is -0.960. The minimum atomic E-state index is -3.60. The molecule has 0 radical (unpaired) electrons. The van der Waals surface area contributed by atoms with Crippen LogP contribution in [0.25, 0.3) is 0 Å². The molecule has 21 heavy (non-hydrogen) atoms. The van der Waals surface area contributed by atoms with Crippen molar-refractivity contribution in [2.75, 3.05) is 26.8 Å². The average molecular weight is 333 g/mol. The van der Waals surface area contributed by atoms with Crippen LogP contribution >= 0.6 is 11.3 Å². The summed E-state index contributed by atoms with van der Waals surface area (Å²) >= 11 is 0.997. The molecular weight excluding hydrogens is 314 g/mol. The van der Waals surface area contributed by atoms with E-state index in [1.54, 1.807) is 14.0 Å². The predicted octanol–water partition coefficient (Wildman–Crippen LogP) is 1.80. The van der Waals surface area contributed by atoms with Crippen molar-refractivity contribution in [1.29, 1.82) is 0 Å². The topological polar surface area (TPSA) is 83.9 Å². The number of nitrogens with zero attached hydrogens (tertiary/aromatic N) is 1. The van der Waals surface area contributed by atoms with Crippen molar-refractivity contribution in [3.05, 3.63) is 15.8 Å². The highest BCUT2D eigenvalue weighted by Crippen LogP contribution is 2.30. The van der Waals surface area contributed by atoms with E-state index in [0.717, 1.165) is 24.2 Å². The third-order valence-corrected chi connectivity index (χ3v) is 6.87. The van der Waals surface area contributed by atoms with E-state index in [9.17, 15) is 13.2 Å². The lowest BCUT2D eigenvalue weighted by Gasteiger charge is -2.30. The number of aromatic carboxylic acids is 1. The van der Waals surface area contributed by atoms with Gasteiger partial charge in [-0.2, -0.15) is 4.31 Å². The van der Waals surface area contributed by atoms with Gasteiger partial charge in [0.25, 0.3) is 0 Å². The number of hydrogen-bond donors (Lipinski definition) is 1. The van der Waals surface area contributed by atoms with Gasteiger partial charge in [0.05, 0.1) is 4.90 Å². The largest absolute Gasteiger partial charge is 0.477 e. The summed E-state index contributed by atoms with van der Waals surface area (Å²) in [6.45, 7) is 3.19. The summed E-state index contributed by atoms with van der Waals surface area (Å²) in [6.07, 6.45) is 1.53. The Labute approximate surface area is 128 Å². The highest BCUT2D eigenvalue weighted by atomic mass is 32.2. The van der Waals surface area contributed by atoms with E-state index in [4.69, 9.17) is 9.84 Å². The first-order valence-corrected chi connectivity index (χ1v) is 8.94. The molecule has 2 rings (SSSR count). The molecule has 0 unspecified atom stereocenters. The van der Waals surface area contributed by atoms with Gasteiger partial charge >= 0.3 is 5.97 Å². The molecule has 118 valence electrons. The van der Waals surface area contributed by atoms with Crippen LogP contribution in [0.1, 0.15) is 27.4 Å². The molecule has 1 saturated heterocycles. The number of aryl methyl sites for hydroxylation is 1. The Morgan fingerprint density at radius 2 is 2.10 bits per heavy atom. The highest BCUT2D eigenvalue weighted by molar-refractivity contribution is 7.89. The number of methoxy groups -OCH3 is 1. The first-order chi connectivity index (χ1) is 9.86. The zero-order chi connectivity index (χ0) is 15.6. The van der Waals surface area contributed by atoms with Gasteiger partial charge in [-0.05, 0) is 31.7 Å². The van der Waals surface area contributed by atoms with Crippen molar-refractivity contribution >= 4 is 27.3 Å². The van der Waals surface area contributed by atoms with Gasteiger partial charge in [-0.25, -0.2) is 13.2 Å². The van der Waals surface area contributed by atoms with E-state index in [2.05, 4.69) is 0 Å². The lowest BCUT2D eigenvalue weighted by atomic mass is 9.99. The number of piperidine rings is 1. The van der Waals surface area contributed by atoms with E-state index in [0.29, 0.717) is 30.5 Å². The number of sulfonamides is 1. The first kappa shape index (κ1) is 16.4. The summed E-state index contributed by atoms with van der Waals surface area (Å²) in [5, 5.41) is 8.98. The van der Waals surface area contributed by atoms with Crippen molar-refractivity contribution in [3.8, 4) is 0 Å². The van der Waals surface area contributed by atoms with Crippen LogP contribution in [0.2, 0.25) is 0 Å². The molecule has 1 N–H and O–H groups in total. The van der Waals surface area contributed by atoms with Crippen LogP contribution in [0.5, 0.6) is 0 Å². The molecule has 0 amide bonds. The maximum absolute atomic E-state index is 12.6. The summed E-state index contributed by atoms with van der Waals surface area (Å²) in [5.74, 6) is -0.706. The van der Waals surface area contributed by atoms with Gasteiger partial charge in [-0.1, -0.05) is 0 Å². The van der Waals surface area contributed by atoms with Crippen molar-refractivity contribution in [3.63, 3.8) is 0 Å². The summed E-state index contributed by atoms with van der Waals surface area (Å²) in [4.78, 5) is 11.7. The third kappa shape index (κ3) is 3.45. The number of carboxylic acids is 1. The zero-order valence-corrected chi connectivity index (χ0v) is 13.7. The Morgan fingerprint density at radius 1 is 1.48 bits per heavy atom. The summed E-state index contributed by atoms with van der Waals surface area (Å²) in [6, 6.07) is 1.26. The minimum Gasteiger partial charge on any atom is -0.477 e. The number of carboxylic acid groups (broad SMARTS) is 1. The number of rotatable bonds is 5. The van der Waals surface area contributed by atoms with E-state index >= 15 is 0 Å². The fraction of sp³-hybridized carbons (Fsp3) is 0.615. The third-order valence-electron chi connectivity index (χ3n) is 3.68. The lowest BCUT2D eigenvalue weighted by molar-refractivity contribution is 0.0702. The monoisotopic (exact) mass is 333 g/mol. The van der Waals surface area contributed by atoms with Gasteiger partial charge in [0.2, 0.25) is 10.0 Å². The normalized spacial score (nSPS) is 18.0. The maximum atomic E-state index is 12.6. The van der Waals surface area contributed by atoms with Crippen LogP contribution in [0.3, 0.4) is 0 Å². The molecule has 1 aliphatic rings. The SMILES string of the molecule is COCC1CCN(S(=O)(=O)c2cc(C(=O)O)sc2C)CC1. The van der Waals surface area contributed by atoms with Gasteiger partial charge in [0.1, 0.15) is 4.88 Å². The van der Waals surface area contributed by atoms with E-state index in [1.807, 2.05) is 0 Å². The first-order valence-electron chi connectivity index (χ1n) is 6.69. The molecule has 0 aliphatic carbocycles. The second-order valence-electron chi connectivity index (χ2n) is 5.14. The Balaban J connectivity index is 2.18. The molecule has 8 heteroatoms. The second kappa shape index (κ2) is 6.43. The molecule has 0 bridgehead atoms. The predicted molar refractivity (Wildman–Crippen MR) is 79.4 cm³/mol. The molecule has 0 spiro atoms. The van der Waals surface area contributed by atoms with Gasteiger partial charge in [0, 0.05) is 31.7 Å². The molecule has 1 aromatic heterocycles. The van der Waals surface area contributed by atoms with Crippen LogP contribution < -0.4 is 0 Å². The molecular formula is C13H19NO5S2. The molecule has 0 atom stereocenters. The fourth-order valence-corrected chi connectivity index (χ4v) is 5.39. The maximum Gasteiger partial charge on any atom is 0.345 e. The van der Waals surface area contributed by atoms with Crippen LogP contribution in [0, 0.1) is 12.8 Å².